The summed E-state index contributed by atoms with van der Waals surface area (Å²) in [6.45, 7) is 7.59. The highest BCUT2D eigenvalue weighted by atomic mass is 16.5. The summed E-state index contributed by atoms with van der Waals surface area (Å²) in [5.41, 5.74) is 0.846. The average Bonchev–Trinajstić information content (AvgIpc) is 2.66. The monoisotopic (exact) mass is 361 g/mol. The molecule has 1 saturated heterocycles. The van der Waals surface area contributed by atoms with Crippen molar-refractivity contribution in [2.45, 2.75) is 20.0 Å². The molecule has 1 aromatic rings. The molecule has 7 nitrogen and oxygen atoms in total. The van der Waals surface area contributed by atoms with E-state index >= 15 is 0 Å². The van der Waals surface area contributed by atoms with E-state index in [1.54, 1.807) is 4.90 Å². The van der Waals surface area contributed by atoms with Crippen LogP contribution in [0, 0.1) is 5.92 Å². The Morgan fingerprint density at radius 1 is 1.23 bits per heavy atom. The van der Waals surface area contributed by atoms with Crippen molar-refractivity contribution < 1.29 is 19.1 Å². The first kappa shape index (κ1) is 18.5. The van der Waals surface area contributed by atoms with Crippen LogP contribution in [-0.2, 0) is 14.3 Å². The number of nitrogens with one attached hydrogen (secondary N) is 1. The normalized spacial score (nSPS) is 19.7. The molecule has 1 unspecified atom stereocenters. The average molecular weight is 361 g/mol. The number of para-hydroxylation sites is 2. The Kier molecular flexibility index (Phi) is 5.98. The van der Waals surface area contributed by atoms with Crippen LogP contribution >= 0.6 is 0 Å². The predicted octanol–water partition coefficient (Wildman–Crippen LogP) is 0.885. The molecule has 2 aliphatic rings. The molecule has 1 fully saturated rings. The van der Waals surface area contributed by atoms with Gasteiger partial charge in [-0.3, -0.25) is 9.59 Å². The van der Waals surface area contributed by atoms with Crippen molar-refractivity contribution >= 4 is 17.5 Å². The lowest BCUT2D eigenvalue weighted by Crippen LogP contribution is -2.54. The third-order valence-corrected chi connectivity index (χ3v) is 4.50. The van der Waals surface area contributed by atoms with E-state index in [9.17, 15) is 9.59 Å². The van der Waals surface area contributed by atoms with Crippen molar-refractivity contribution in [3.8, 4) is 5.75 Å². The first-order chi connectivity index (χ1) is 12.5. The summed E-state index contributed by atoms with van der Waals surface area (Å²) in [4.78, 5) is 28.8. The van der Waals surface area contributed by atoms with Gasteiger partial charge < -0.3 is 24.6 Å². The summed E-state index contributed by atoms with van der Waals surface area (Å²) < 4.78 is 11.3. The second kappa shape index (κ2) is 8.40. The van der Waals surface area contributed by atoms with Crippen LogP contribution in [0.4, 0.5) is 5.69 Å². The molecule has 0 saturated carbocycles. The highest BCUT2D eigenvalue weighted by Gasteiger charge is 2.34. The molecule has 142 valence electrons. The van der Waals surface area contributed by atoms with Crippen molar-refractivity contribution in [3.05, 3.63) is 24.3 Å². The Balaban J connectivity index is 1.71. The second-order valence-electron chi connectivity index (χ2n) is 7.09. The van der Waals surface area contributed by atoms with Gasteiger partial charge in [0.05, 0.1) is 32.0 Å². The van der Waals surface area contributed by atoms with E-state index in [1.165, 1.54) is 0 Å². The zero-order valence-corrected chi connectivity index (χ0v) is 15.4. The number of nitrogens with zero attached hydrogens (tertiary/aromatic N) is 2. The molecule has 0 aromatic heterocycles. The molecular weight excluding hydrogens is 334 g/mol. The number of benzene rings is 1. The number of hydrogen-bond donors (Lipinski definition) is 1. The van der Waals surface area contributed by atoms with Crippen LogP contribution in [0.5, 0.6) is 5.75 Å². The fraction of sp³-hybridized carbons (Fsp3) is 0.579. The summed E-state index contributed by atoms with van der Waals surface area (Å²) in [5, 5.41) is 2.93. The topological polar surface area (TPSA) is 71.1 Å². The van der Waals surface area contributed by atoms with Crippen LogP contribution < -0.4 is 15.0 Å². The van der Waals surface area contributed by atoms with Crippen LogP contribution in [0.2, 0.25) is 0 Å². The maximum atomic E-state index is 12.8. The first-order valence-corrected chi connectivity index (χ1v) is 9.18. The third-order valence-electron chi connectivity index (χ3n) is 4.50. The zero-order valence-electron chi connectivity index (χ0n) is 15.4. The van der Waals surface area contributed by atoms with Gasteiger partial charge in [-0.15, -0.1) is 0 Å². The van der Waals surface area contributed by atoms with Crippen LogP contribution in [0.1, 0.15) is 13.8 Å². The SMILES string of the molecule is CC(C)CNC(=O)CN1CC(C(=O)N2CCOCC2)Oc2ccccc21. The van der Waals surface area contributed by atoms with E-state index in [-0.39, 0.29) is 18.4 Å². The van der Waals surface area contributed by atoms with E-state index in [1.807, 2.05) is 29.2 Å². The molecule has 7 heteroatoms. The van der Waals surface area contributed by atoms with Crippen molar-refractivity contribution in [1.29, 1.82) is 0 Å². The Bertz CT molecular complexity index is 643. The number of ether oxygens (including phenoxy) is 2. The Labute approximate surface area is 154 Å². The molecule has 0 spiro atoms. The van der Waals surface area contributed by atoms with E-state index in [0.29, 0.717) is 51.1 Å². The van der Waals surface area contributed by atoms with Crippen LogP contribution in [0.25, 0.3) is 0 Å². The number of fused-ring (bicyclic) bond motifs is 1. The second-order valence-corrected chi connectivity index (χ2v) is 7.09. The lowest BCUT2D eigenvalue weighted by atomic mass is 10.1. The number of amides is 2. The minimum absolute atomic E-state index is 0.0459. The van der Waals surface area contributed by atoms with Crippen molar-refractivity contribution in [2.75, 3.05) is 50.8 Å². The molecule has 0 aliphatic carbocycles. The molecule has 2 amide bonds. The van der Waals surface area contributed by atoms with Crippen LogP contribution in [-0.4, -0.2) is 68.8 Å². The lowest BCUT2D eigenvalue weighted by molar-refractivity contribution is -0.142. The lowest BCUT2D eigenvalue weighted by Gasteiger charge is -2.38. The smallest absolute Gasteiger partial charge is 0.265 e. The molecule has 0 bridgehead atoms. The van der Waals surface area contributed by atoms with Gasteiger partial charge in [-0.1, -0.05) is 26.0 Å². The Morgan fingerprint density at radius 2 is 1.96 bits per heavy atom. The van der Waals surface area contributed by atoms with Gasteiger partial charge in [-0.05, 0) is 18.1 Å². The van der Waals surface area contributed by atoms with Crippen LogP contribution in [0.15, 0.2) is 24.3 Å². The molecule has 1 atom stereocenters. The zero-order chi connectivity index (χ0) is 18.5. The Morgan fingerprint density at radius 3 is 2.69 bits per heavy atom. The van der Waals surface area contributed by atoms with Crippen molar-refractivity contribution in [2.24, 2.45) is 5.92 Å². The van der Waals surface area contributed by atoms with E-state index in [0.717, 1.165) is 5.69 Å². The van der Waals surface area contributed by atoms with Gasteiger partial charge in [-0.25, -0.2) is 0 Å². The quantitative estimate of drug-likeness (QED) is 0.843. The number of anilines is 1. The van der Waals surface area contributed by atoms with Gasteiger partial charge in [0.1, 0.15) is 5.75 Å². The van der Waals surface area contributed by atoms with E-state index in [2.05, 4.69) is 19.2 Å². The number of hydrogen-bond acceptors (Lipinski definition) is 5. The third kappa shape index (κ3) is 4.46. The Hall–Kier alpha value is -2.28. The standard InChI is InChI=1S/C19H27N3O4/c1-14(2)11-20-18(23)13-22-12-17(19(24)21-7-9-25-10-8-21)26-16-6-4-3-5-15(16)22/h3-6,14,17H,7-13H2,1-2H3,(H,20,23). The minimum Gasteiger partial charge on any atom is -0.477 e. The number of carbonyl (C=O) groups excluding carboxylic acids is 2. The maximum Gasteiger partial charge on any atom is 0.265 e. The van der Waals surface area contributed by atoms with Crippen molar-refractivity contribution in [3.63, 3.8) is 0 Å². The summed E-state index contributed by atoms with van der Waals surface area (Å²) in [6, 6.07) is 7.54. The van der Waals surface area contributed by atoms with Crippen molar-refractivity contribution in [1.82, 2.24) is 10.2 Å². The van der Waals surface area contributed by atoms with Gasteiger partial charge >= 0.3 is 0 Å². The molecule has 0 radical (unpaired) electrons. The summed E-state index contributed by atoms with van der Waals surface area (Å²) in [6.07, 6.45) is -0.610. The maximum absolute atomic E-state index is 12.8. The summed E-state index contributed by atoms with van der Waals surface area (Å²) >= 11 is 0. The first-order valence-electron chi connectivity index (χ1n) is 9.18. The number of rotatable bonds is 5. The number of morpholine rings is 1. The van der Waals surface area contributed by atoms with Crippen LogP contribution in [0.3, 0.4) is 0 Å². The highest BCUT2D eigenvalue weighted by Crippen LogP contribution is 2.33. The largest absolute Gasteiger partial charge is 0.477 e. The van der Waals surface area contributed by atoms with E-state index < -0.39 is 6.10 Å². The summed E-state index contributed by atoms with van der Waals surface area (Å²) in [5.74, 6) is 0.942. The van der Waals surface area contributed by atoms with Gasteiger partial charge in [0.2, 0.25) is 5.91 Å². The molecule has 3 rings (SSSR count). The van der Waals surface area contributed by atoms with Gasteiger partial charge in [0, 0.05) is 19.6 Å². The minimum atomic E-state index is -0.610. The van der Waals surface area contributed by atoms with E-state index in [4.69, 9.17) is 9.47 Å². The molecule has 2 heterocycles. The fourth-order valence-corrected chi connectivity index (χ4v) is 3.12. The number of carbonyl (C=O) groups is 2. The molecule has 2 aliphatic heterocycles. The van der Waals surface area contributed by atoms with Gasteiger partial charge in [-0.2, -0.15) is 0 Å². The molecule has 1 aromatic carbocycles. The fourth-order valence-electron chi connectivity index (χ4n) is 3.12. The summed E-state index contributed by atoms with van der Waals surface area (Å²) in [7, 11) is 0. The molecule has 26 heavy (non-hydrogen) atoms. The van der Waals surface area contributed by atoms with Gasteiger partial charge in [0.25, 0.3) is 5.91 Å². The molecular formula is C19H27N3O4. The molecule has 1 N–H and O–H groups in total. The highest BCUT2D eigenvalue weighted by molar-refractivity contribution is 5.86. The predicted molar refractivity (Wildman–Crippen MR) is 98.3 cm³/mol. The van der Waals surface area contributed by atoms with Gasteiger partial charge in [0.15, 0.2) is 6.10 Å².